The van der Waals surface area contributed by atoms with Crippen molar-refractivity contribution in [3.63, 3.8) is 0 Å². The fourth-order valence-corrected chi connectivity index (χ4v) is 4.08. The third kappa shape index (κ3) is 3.90. The minimum atomic E-state index is -0.327. The number of benzene rings is 2. The van der Waals surface area contributed by atoms with Crippen LogP contribution in [0.25, 0.3) is 0 Å². The maximum atomic E-state index is 11.5. The van der Waals surface area contributed by atoms with E-state index in [-0.39, 0.29) is 12.0 Å². The molecule has 5 nitrogen and oxygen atoms in total. The molecule has 0 unspecified atom stereocenters. The maximum Gasteiger partial charge on any atom is 0.330 e. The topological polar surface area (TPSA) is 44.8 Å². The first-order valence-corrected chi connectivity index (χ1v) is 9.41. The van der Waals surface area contributed by atoms with Crippen molar-refractivity contribution in [2.45, 2.75) is 12.5 Å². The standard InChI is InChI=1S/C23H28NO4/c1-24(13-8-11-22(25)28-4)14-12-18-15-20(26-2)21(27-3)16-19(18)23(24)17-9-6-5-7-10-17/h5-11,15-16,23H,12-14H2,1-4H3/q+1/b11-8+/t23-,24-/m1/s1. The van der Waals surface area contributed by atoms with Crippen LogP contribution < -0.4 is 9.47 Å². The first kappa shape index (κ1) is 20.0. The van der Waals surface area contributed by atoms with Crippen molar-refractivity contribution >= 4 is 5.97 Å². The van der Waals surface area contributed by atoms with Gasteiger partial charge in [0, 0.05) is 23.6 Å². The van der Waals surface area contributed by atoms with Crippen LogP contribution in [0.1, 0.15) is 22.7 Å². The predicted molar refractivity (Wildman–Crippen MR) is 109 cm³/mol. The molecule has 0 amide bonds. The molecule has 0 N–H and O–H groups in total. The smallest absolute Gasteiger partial charge is 0.330 e. The van der Waals surface area contributed by atoms with E-state index in [9.17, 15) is 4.79 Å². The zero-order valence-corrected chi connectivity index (χ0v) is 17.0. The average molecular weight is 382 g/mol. The minimum absolute atomic E-state index is 0.132. The molecular formula is C23H28NO4+. The normalized spacial score (nSPS) is 21.2. The van der Waals surface area contributed by atoms with Crippen LogP contribution in [0.15, 0.2) is 54.6 Å². The van der Waals surface area contributed by atoms with Gasteiger partial charge in [0.2, 0.25) is 0 Å². The zero-order valence-electron chi connectivity index (χ0n) is 17.0. The van der Waals surface area contributed by atoms with Gasteiger partial charge >= 0.3 is 5.97 Å². The fraction of sp³-hybridized carbons (Fsp3) is 0.348. The molecule has 0 radical (unpaired) electrons. The monoisotopic (exact) mass is 382 g/mol. The van der Waals surface area contributed by atoms with Crippen molar-refractivity contribution in [2.75, 3.05) is 41.5 Å². The molecule has 1 aliphatic heterocycles. The molecule has 3 rings (SSSR count). The summed E-state index contributed by atoms with van der Waals surface area (Å²) in [6, 6.07) is 14.8. The molecule has 2 aromatic rings. The summed E-state index contributed by atoms with van der Waals surface area (Å²) in [4.78, 5) is 11.5. The number of hydrogen-bond acceptors (Lipinski definition) is 4. The van der Waals surface area contributed by atoms with Crippen molar-refractivity contribution in [1.82, 2.24) is 0 Å². The molecule has 2 atom stereocenters. The van der Waals surface area contributed by atoms with Crippen LogP contribution in [0.2, 0.25) is 0 Å². The van der Waals surface area contributed by atoms with Gasteiger partial charge < -0.3 is 18.7 Å². The summed E-state index contributed by atoms with van der Waals surface area (Å²) in [6.45, 7) is 1.68. The van der Waals surface area contributed by atoms with Gasteiger partial charge in [-0.15, -0.1) is 0 Å². The van der Waals surface area contributed by atoms with Crippen molar-refractivity contribution in [3.8, 4) is 11.5 Å². The molecule has 0 fully saturated rings. The number of likely N-dealkylation sites (N-methyl/N-ethyl adjacent to an activating group) is 1. The van der Waals surface area contributed by atoms with E-state index in [4.69, 9.17) is 14.2 Å². The number of hydrogen-bond donors (Lipinski definition) is 0. The first-order chi connectivity index (χ1) is 13.5. The van der Waals surface area contributed by atoms with Gasteiger partial charge in [-0.05, 0) is 23.8 Å². The Morgan fingerprint density at radius 1 is 1.11 bits per heavy atom. The van der Waals surface area contributed by atoms with Gasteiger partial charge in [-0.2, -0.15) is 0 Å². The van der Waals surface area contributed by atoms with E-state index in [0.29, 0.717) is 0 Å². The molecule has 0 saturated carbocycles. The van der Waals surface area contributed by atoms with Crippen LogP contribution in [0.3, 0.4) is 0 Å². The largest absolute Gasteiger partial charge is 0.493 e. The van der Waals surface area contributed by atoms with Gasteiger partial charge in [-0.25, -0.2) is 4.79 Å². The van der Waals surface area contributed by atoms with Gasteiger partial charge in [-0.3, -0.25) is 0 Å². The van der Waals surface area contributed by atoms with Crippen molar-refractivity contribution in [3.05, 3.63) is 71.3 Å². The van der Waals surface area contributed by atoms with Gasteiger partial charge in [0.1, 0.15) is 6.04 Å². The van der Waals surface area contributed by atoms with Gasteiger partial charge in [0.15, 0.2) is 11.5 Å². The predicted octanol–water partition coefficient (Wildman–Crippen LogP) is 3.53. The van der Waals surface area contributed by atoms with Crippen molar-refractivity contribution < 1.29 is 23.5 Å². The fourth-order valence-electron chi connectivity index (χ4n) is 4.08. The van der Waals surface area contributed by atoms with Crippen LogP contribution in [0.4, 0.5) is 0 Å². The maximum absolute atomic E-state index is 11.5. The van der Waals surface area contributed by atoms with Crippen LogP contribution in [0, 0.1) is 0 Å². The summed E-state index contributed by atoms with van der Waals surface area (Å²) in [5.74, 6) is 1.17. The molecule has 0 aliphatic carbocycles. The Hall–Kier alpha value is -2.79. The third-order valence-corrected chi connectivity index (χ3v) is 5.55. The lowest BCUT2D eigenvalue weighted by molar-refractivity contribution is -0.930. The Morgan fingerprint density at radius 2 is 1.79 bits per heavy atom. The highest BCUT2D eigenvalue weighted by molar-refractivity contribution is 5.81. The summed E-state index contributed by atoms with van der Waals surface area (Å²) < 4.78 is 16.6. The lowest BCUT2D eigenvalue weighted by Crippen LogP contribution is -2.51. The molecule has 5 heteroatoms. The van der Waals surface area contributed by atoms with Crippen molar-refractivity contribution in [2.24, 2.45) is 0 Å². The molecule has 0 saturated heterocycles. The van der Waals surface area contributed by atoms with E-state index in [1.165, 1.54) is 29.9 Å². The van der Waals surface area contributed by atoms with Gasteiger partial charge in [0.05, 0.1) is 41.5 Å². The van der Waals surface area contributed by atoms with Crippen LogP contribution >= 0.6 is 0 Å². The number of ether oxygens (including phenoxy) is 3. The van der Waals surface area contributed by atoms with Crippen LogP contribution in [0.5, 0.6) is 11.5 Å². The highest BCUT2D eigenvalue weighted by atomic mass is 16.5. The van der Waals surface area contributed by atoms with E-state index in [2.05, 4.69) is 43.4 Å². The Bertz CT molecular complexity index is 862. The van der Waals surface area contributed by atoms with Crippen LogP contribution in [-0.4, -0.2) is 51.9 Å². The van der Waals surface area contributed by atoms with Gasteiger partial charge in [-0.1, -0.05) is 30.3 Å². The molecule has 1 heterocycles. The lowest BCUT2D eigenvalue weighted by Gasteiger charge is -2.45. The van der Waals surface area contributed by atoms with E-state index in [1.807, 2.05) is 12.1 Å². The summed E-state index contributed by atoms with van der Waals surface area (Å²) in [5, 5.41) is 0. The van der Waals surface area contributed by atoms with E-state index in [0.717, 1.165) is 35.5 Å². The quantitative estimate of drug-likeness (QED) is 0.436. The number of esters is 1. The summed E-state index contributed by atoms with van der Waals surface area (Å²) in [7, 11) is 6.96. The molecular weight excluding hydrogens is 354 g/mol. The van der Waals surface area contributed by atoms with E-state index < -0.39 is 0 Å². The number of quaternary nitrogens is 1. The number of methoxy groups -OCH3 is 3. The minimum Gasteiger partial charge on any atom is -0.493 e. The second kappa shape index (κ2) is 8.48. The van der Waals surface area contributed by atoms with E-state index >= 15 is 0 Å². The van der Waals surface area contributed by atoms with Crippen molar-refractivity contribution in [1.29, 1.82) is 0 Å². The summed E-state index contributed by atoms with van der Waals surface area (Å²) in [6.07, 6.45) is 4.35. The second-order valence-corrected chi connectivity index (χ2v) is 7.28. The van der Waals surface area contributed by atoms with Crippen LogP contribution in [-0.2, 0) is 16.0 Å². The first-order valence-electron chi connectivity index (χ1n) is 9.41. The Morgan fingerprint density at radius 3 is 2.43 bits per heavy atom. The zero-order chi connectivity index (χ0) is 20.1. The Labute approximate surface area is 166 Å². The molecule has 0 bridgehead atoms. The summed E-state index contributed by atoms with van der Waals surface area (Å²) in [5.41, 5.74) is 3.76. The Balaban J connectivity index is 2.08. The third-order valence-electron chi connectivity index (χ3n) is 5.55. The number of carbonyl (C=O) groups excluding carboxylic acids is 1. The highest BCUT2D eigenvalue weighted by Gasteiger charge is 2.40. The van der Waals surface area contributed by atoms with E-state index in [1.54, 1.807) is 14.2 Å². The number of fused-ring (bicyclic) bond motifs is 1. The molecule has 2 aromatic carbocycles. The SMILES string of the molecule is COC(=O)/C=C/C[N@+]1(C)CCc2cc(OC)c(OC)cc2[C@H]1c1ccccc1. The highest BCUT2D eigenvalue weighted by Crippen LogP contribution is 2.43. The lowest BCUT2D eigenvalue weighted by atomic mass is 9.85. The second-order valence-electron chi connectivity index (χ2n) is 7.28. The molecule has 0 spiro atoms. The molecule has 148 valence electrons. The number of carbonyl (C=O) groups is 1. The molecule has 1 aliphatic rings. The molecule has 0 aromatic heterocycles. The number of nitrogens with zero attached hydrogens (tertiary/aromatic N) is 1. The summed E-state index contributed by atoms with van der Waals surface area (Å²) >= 11 is 0. The average Bonchev–Trinajstić information content (AvgIpc) is 2.73. The Kier molecular flexibility index (Phi) is 6.05. The number of rotatable bonds is 6. The molecule has 28 heavy (non-hydrogen) atoms. The van der Waals surface area contributed by atoms with Gasteiger partial charge in [0.25, 0.3) is 0 Å².